The van der Waals surface area contributed by atoms with E-state index in [1.807, 2.05) is 38.1 Å². The van der Waals surface area contributed by atoms with E-state index in [9.17, 15) is 19.5 Å². The lowest BCUT2D eigenvalue weighted by Gasteiger charge is -2.23. The monoisotopic (exact) mass is 478 g/mol. The lowest BCUT2D eigenvalue weighted by atomic mass is 9.81. The average molecular weight is 479 g/mol. The molecule has 2 amide bonds. The van der Waals surface area contributed by atoms with E-state index >= 15 is 0 Å². The van der Waals surface area contributed by atoms with Gasteiger partial charge in [-0.1, -0.05) is 62.4 Å². The number of nitrogens with one attached hydrogen (secondary N) is 1. The molecule has 1 heterocycles. The van der Waals surface area contributed by atoms with Gasteiger partial charge in [-0.05, 0) is 47.4 Å². The molecule has 1 saturated heterocycles. The lowest BCUT2D eigenvalue weighted by molar-refractivity contribution is -0.149. The molecular formula is C28H34N2O5. The smallest absolute Gasteiger partial charge is 0.407 e. The van der Waals surface area contributed by atoms with E-state index in [1.165, 1.54) is 22.3 Å². The molecule has 2 aromatic carbocycles. The fourth-order valence-electron chi connectivity index (χ4n) is 5.22. The van der Waals surface area contributed by atoms with Crippen LogP contribution in [-0.2, 0) is 14.3 Å². The highest BCUT2D eigenvalue weighted by molar-refractivity contribution is 5.81. The Morgan fingerprint density at radius 3 is 2.29 bits per heavy atom. The number of hydrogen-bond acceptors (Lipinski definition) is 4. The Morgan fingerprint density at radius 2 is 1.71 bits per heavy atom. The molecule has 7 heteroatoms. The van der Waals surface area contributed by atoms with Gasteiger partial charge >= 0.3 is 12.1 Å². The van der Waals surface area contributed by atoms with Gasteiger partial charge in [0, 0.05) is 32.0 Å². The Balaban J connectivity index is 1.21. The normalized spacial score (nSPS) is 21.8. The quantitative estimate of drug-likeness (QED) is 0.582. The Kier molecular flexibility index (Phi) is 7.15. The van der Waals surface area contributed by atoms with Gasteiger partial charge in [0.1, 0.15) is 6.61 Å². The molecule has 0 aromatic heterocycles. The Labute approximate surface area is 206 Å². The zero-order valence-electron chi connectivity index (χ0n) is 20.6. The zero-order chi connectivity index (χ0) is 25.2. The molecule has 2 N–H and O–H groups in total. The second kappa shape index (κ2) is 10.1. The molecule has 0 spiro atoms. The molecule has 35 heavy (non-hydrogen) atoms. The first-order chi connectivity index (χ1) is 16.7. The van der Waals surface area contributed by atoms with Crippen molar-refractivity contribution in [2.45, 2.75) is 39.5 Å². The summed E-state index contributed by atoms with van der Waals surface area (Å²) < 4.78 is 5.56. The molecule has 0 saturated carbocycles. The van der Waals surface area contributed by atoms with Gasteiger partial charge < -0.3 is 20.1 Å². The Hall–Kier alpha value is -3.35. The first kappa shape index (κ1) is 24.8. The van der Waals surface area contributed by atoms with E-state index in [0.717, 1.165) is 0 Å². The zero-order valence-corrected chi connectivity index (χ0v) is 20.6. The number of carboxylic acids is 1. The van der Waals surface area contributed by atoms with E-state index in [-0.39, 0.29) is 36.8 Å². The van der Waals surface area contributed by atoms with Gasteiger partial charge in [0.15, 0.2) is 0 Å². The number of hydrogen-bond donors (Lipinski definition) is 2. The maximum atomic E-state index is 12.7. The summed E-state index contributed by atoms with van der Waals surface area (Å²) in [6.45, 7) is 6.93. The fourth-order valence-corrected chi connectivity index (χ4v) is 5.22. The van der Waals surface area contributed by atoms with Crippen molar-refractivity contribution in [3.05, 3.63) is 59.7 Å². The highest BCUT2D eigenvalue weighted by atomic mass is 16.5. The third-order valence-corrected chi connectivity index (χ3v) is 7.72. The number of likely N-dealkylation sites (tertiary alicyclic amines) is 1. The molecule has 2 aromatic rings. The third-order valence-electron chi connectivity index (χ3n) is 7.72. The minimum atomic E-state index is -0.898. The standard InChI is InChI=1S/C28H34N2O5/c1-18(14-25(31)30-15-19(2)28(3,17-30)26(32)33)12-13-29-27(34)35-16-24-22-10-6-4-8-20(22)21-9-5-7-11-23(21)24/h4-11,18-19,24H,12-17H2,1-3H3,(H,29,34)(H,32,33). The van der Waals surface area contributed by atoms with Crippen molar-refractivity contribution in [3.63, 3.8) is 0 Å². The molecule has 7 nitrogen and oxygen atoms in total. The maximum Gasteiger partial charge on any atom is 0.407 e. The molecule has 1 aliphatic heterocycles. The summed E-state index contributed by atoms with van der Waals surface area (Å²) in [5, 5.41) is 12.3. The molecule has 4 rings (SSSR count). The number of aliphatic carboxylic acids is 1. The van der Waals surface area contributed by atoms with Gasteiger partial charge in [-0.3, -0.25) is 9.59 Å². The summed E-state index contributed by atoms with van der Waals surface area (Å²) >= 11 is 0. The van der Waals surface area contributed by atoms with Crippen LogP contribution in [0.15, 0.2) is 48.5 Å². The first-order valence-electron chi connectivity index (χ1n) is 12.3. The van der Waals surface area contributed by atoms with Crippen LogP contribution in [0, 0.1) is 17.3 Å². The number of nitrogens with zero attached hydrogens (tertiary/aromatic N) is 1. The maximum absolute atomic E-state index is 12.7. The number of amides is 2. The lowest BCUT2D eigenvalue weighted by Crippen LogP contribution is -2.36. The number of carboxylic acid groups (broad SMARTS) is 1. The summed E-state index contributed by atoms with van der Waals surface area (Å²) in [5.41, 5.74) is 3.82. The number of carbonyl (C=O) groups is 3. The van der Waals surface area contributed by atoms with Crippen LogP contribution >= 0.6 is 0 Å². The van der Waals surface area contributed by atoms with E-state index in [4.69, 9.17) is 4.74 Å². The minimum Gasteiger partial charge on any atom is -0.481 e. The molecule has 3 atom stereocenters. The van der Waals surface area contributed by atoms with Crippen molar-refractivity contribution >= 4 is 18.0 Å². The summed E-state index contributed by atoms with van der Waals surface area (Å²) in [6, 6.07) is 16.4. The number of ether oxygens (including phenoxy) is 1. The SMILES string of the molecule is CC(CCNC(=O)OCC1c2ccccc2-c2ccccc21)CC(=O)N1CC(C)C(C)(C(=O)O)C1. The third kappa shape index (κ3) is 5.04. The van der Waals surface area contributed by atoms with Crippen LogP contribution < -0.4 is 5.32 Å². The predicted octanol–water partition coefficient (Wildman–Crippen LogP) is 4.51. The van der Waals surface area contributed by atoms with Crippen LogP contribution in [0.2, 0.25) is 0 Å². The Morgan fingerprint density at radius 1 is 1.11 bits per heavy atom. The highest BCUT2D eigenvalue weighted by Crippen LogP contribution is 2.44. The molecule has 0 radical (unpaired) electrons. The topological polar surface area (TPSA) is 95.9 Å². The second-order valence-corrected chi connectivity index (χ2v) is 10.2. The molecule has 2 aliphatic rings. The summed E-state index contributed by atoms with van der Waals surface area (Å²) in [4.78, 5) is 38.3. The largest absolute Gasteiger partial charge is 0.481 e. The Bertz CT molecular complexity index is 1070. The van der Waals surface area contributed by atoms with Gasteiger partial charge in [0.25, 0.3) is 0 Å². The predicted molar refractivity (Wildman–Crippen MR) is 133 cm³/mol. The fraction of sp³-hybridized carbons (Fsp3) is 0.464. The van der Waals surface area contributed by atoms with Crippen LogP contribution in [0.1, 0.15) is 50.7 Å². The molecular weight excluding hydrogens is 444 g/mol. The number of benzene rings is 2. The number of alkyl carbamates (subject to hydrolysis) is 1. The van der Waals surface area contributed by atoms with Crippen molar-refractivity contribution < 1.29 is 24.2 Å². The minimum absolute atomic E-state index is 0.0176. The summed E-state index contributed by atoms with van der Waals surface area (Å²) in [5.74, 6) is -0.905. The van der Waals surface area contributed by atoms with E-state index in [0.29, 0.717) is 25.9 Å². The van der Waals surface area contributed by atoms with Crippen LogP contribution in [0.4, 0.5) is 4.79 Å². The van der Waals surface area contributed by atoms with Crippen molar-refractivity contribution in [2.24, 2.45) is 17.3 Å². The molecule has 1 aliphatic carbocycles. The highest BCUT2D eigenvalue weighted by Gasteiger charge is 2.47. The number of rotatable bonds is 8. The van der Waals surface area contributed by atoms with Crippen LogP contribution in [0.25, 0.3) is 11.1 Å². The van der Waals surface area contributed by atoms with Crippen LogP contribution in [-0.4, -0.2) is 54.2 Å². The first-order valence-corrected chi connectivity index (χ1v) is 12.3. The average Bonchev–Trinajstić information content (AvgIpc) is 3.32. The summed E-state index contributed by atoms with van der Waals surface area (Å²) in [7, 11) is 0. The van der Waals surface area contributed by atoms with Crippen LogP contribution in [0.3, 0.4) is 0 Å². The molecule has 3 unspecified atom stereocenters. The molecule has 0 bridgehead atoms. The molecule has 1 fully saturated rings. The van der Waals surface area contributed by atoms with Crippen molar-refractivity contribution in [1.29, 1.82) is 0 Å². The molecule has 186 valence electrons. The van der Waals surface area contributed by atoms with Crippen molar-refractivity contribution in [1.82, 2.24) is 10.2 Å². The van der Waals surface area contributed by atoms with Crippen LogP contribution in [0.5, 0.6) is 0 Å². The van der Waals surface area contributed by atoms with Gasteiger partial charge in [-0.15, -0.1) is 0 Å². The van der Waals surface area contributed by atoms with E-state index < -0.39 is 17.5 Å². The second-order valence-electron chi connectivity index (χ2n) is 10.2. The van der Waals surface area contributed by atoms with Gasteiger partial charge in [0.05, 0.1) is 5.41 Å². The number of fused-ring (bicyclic) bond motifs is 3. The summed E-state index contributed by atoms with van der Waals surface area (Å²) in [6.07, 6.45) is 0.501. The van der Waals surface area contributed by atoms with E-state index in [2.05, 4.69) is 29.6 Å². The van der Waals surface area contributed by atoms with Gasteiger partial charge in [-0.2, -0.15) is 0 Å². The number of carbonyl (C=O) groups excluding carboxylic acids is 2. The van der Waals surface area contributed by atoms with Gasteiger partial charge in [0.2, 0.25) is 5.91 Å². The van der Waals surface area contributed by atoms with E-state index in [1.54, 1.807) is 11.8 Å². The van der Waals surface area contributed by atoms with Gasteiger partial charge in [-0.25, -0.2) is 4.79 Å². The van der Waals surface area contributed by atoms with Crippen molar-refractivity contribution in [2.75, 3.05) is 26.2 Å². The van der Waals surface area contributed by atoms with Crippen molar-refractivity contribution in [3.8, 4) is 11.1 Å².